The molecular formula is C19H23N5O2. The molecule has 7 heteroatoms. The monoisotopic (exact) mass is 353 g/mol. The lowest BCUT2D eigenvalue weighted by Crippen LogP contribution is -2.40. The Kier molecular flexibility index (Phi) is 4.22. The van der Waals surface area contributed by atoms with Gasteiger partial charge in [0.25, 0.3) is 0 Å². The first-order valence-corrected chi connectivity index (χ1v) is 9.07. The van der Waals surface area contributed by atoms with E-state index in [2.05, 4.69) is 10.3 Å². The Bertz CT molecular complexity index is 939. The largest absolute Gasteiger partial charge is 0.361 e. The molecule has 0 aromatic carbocycles. The third kappa shape index (κ3) is 2.87. The maximum absolute atomic E-state index is 13.1. The van der Waals surface area contributed by atoms with Gasteiger partial charge in [-0.3, -0.25) is 4.79 Å². The van der Waals surface area contributed by atoms with Crippen LogP contribution in [0.4, 0.5) is 0 Å². The van der Waals surface area contributed by atoms with E-state index < -0.39 is 0 Å². The molecule has 3 aromatic rings. The third-order valence-corrected chi connectivity index (χ3v) is 5.23. The Hall–Kier alpha value is -2.70. The van der Waals surface area contributed by atoms with Gasteiger partial charge >= 0.3 is 0 Å². The maximum atomic E-state index is 13.1. The molecule has 26 heavy (non-hydrogen) atoms. The van der Waals surface area contributed by atoms with Crippen LogP contribution < -0.4 is 0 Å². The molecule has 136 valence electrons. The standard InChI is InChI=1S/C19H23N5O2/c1-12-10-16(21-18-7-8-20-24(12)18)17-6-4-5-9-23(17)19(25)11-15-13(2)22-26-14(15)3/h7-8,10,17H,4-6,9,11H2,1-3H3/t17-/m1/s1. The van der Waals surface area contributed by atoms with Crippen molar-refractivity contribution in [2.45, 2.75) is 52.5 Å². The fourth-order valence-corrected chi connectivity index (χ4v) is 3.81. The highest BCUT2D eigenvalue weighted by Gasteiger charge is 2.30. The van der Waals surface area contributed by atoms with E-state index in [1.165, 1.54) is 0 Å². The van der Waals surface area contributed by atoms with Gasteiger partial charge in [0.2, 0.25) is 5.91 Å². The van der Waals surface area contributed by atoms with Crippen LogP contribution >= 0.6 is 0 Å². The molecule has 3 aromatic heterocycles. The van der Waals surface area contributed by atoms with E-state index in [1.54, 1.807) is 6.20 Å². The van der Waals surface area contributed by atoms with E-state index in [0.717, 1.165) is 59.9 Å². The summed E-state index contributed by atoms with van der Waals surface area (Å²) in [5.41, 5.74) is 4.48. The number of aryl methyl sites for hydroxylation is 3. The molecule has 1 fully saturated rings. The Morgan fingerprint density at radius 1 is 1.31 bits per heavy atom. The predicted octanol–water partition coefficient (Wildman–Crippen LogP) is 2.94. The number of carbonyl (C=O) groups is 1. The average molecular weight is 353 g/mol. The highest BCUT2D eigenvalue weighted by atomic mass is 16.5. The van der Waals surface area contributed by atoms with E-state index in [0.29, 0.717) is 6.42 Å². The van der Waals surface area contributed by atoms with Crippen LogP contribution in [0.2, 0.25) is 0 Å². The average Bonchev–Trinajstić information content (AvgIpc) is 3.24. The first kappa shape index (κ1) is 16.8. The summed E-state index contributed by atoms with van der Waals surface area (Å²) in [6.07, 6.45) is 5.14. The molecule has 0 saturated carbocycles. The van der Waals surface area contributed by atoms with E-state index in [1.807, 2.05) is 42.3 Å². The highest BCUT2D eigenvalue weighted by molar-refractivity contribution is 5.79. The molecule has 7 nitrogen and oxygen atoms in total. The number of hydrogen-bond acceptors (Lipinski definition) is 5. The lowest BCUT2D eigenvalue weighted by Gasteiger charge is -2.35. The lowest BCUT2D eigenvalue weighted by molar-refractivity contribution is -0.134. The zero-order valence-corrected chi connectivity index (χ0v) is 15.4. The van der Waals surface area contributed by atoms with Crippen LogP contribution in [0.15, 0.2) is 22.9 Å². The van der Waals surface area contributed by atoms with Crippen LogP contribution in [0, 0.1) is 20.8 Å². The van der Waals surface area contributed by atoms with Crippen LogP contribution in [-0.4, -0.2) is 37.1 Å². The Morgan fingerprint density at radius 3 is 2.92 bits per heavy atom. The fraction of sp³-hybridized carbons (Fsp3) is 0.474. The summed E-state index contributed by atoms with van der Waals surface area (Å²) >= 11 is 0. The summed E-state index contributed by atoms with van der Waals surface area (Å²) < 4.78 is 7.03. The van der Waals surface area contributed by atoms with E-state index in [9.17, 15) is 4.79 Å². The first-order valence-electron chi connectivity index (χ1n) is 9.07. The van der Waals surface area contributed by atoms with Crippen LogP contribution in [-0.2, 0) is 11.2 Å². The SMILES string of the molecule is Cc1noc(C)c1CC(=O)N1CCCC[C@@H]1c1cc(C)n2nccc2n1. The minimum atomic E-state index is 0.00956. The van der Waals surface area contributed by atoms with Crippen molar-refractivity contribution in [3.8, 4) is 0 Å². The second-order valence-corrected chi connectivity index (χ2v) is 7.00. The molecule has 0 radical (unpaired) electrons. The Morgan fingerprint density at radius 2 is 2.15 bits per heavy atom. The van der Waals surface area contributed by atoms with Crippen LogP contribution in [0.1, 0.15) is 53.7 Å². The van der Waals surface area contributed by atoms with Gasteiger partial charge in [0.1, 0.15) is 5.76 Å². The number of rotatable bonds is 3. The first-order chi connectivity index (χ1) is 12.5. The van der Waals surface area contributed by atoms with Gasteiger partial charge in [-0.05, 0) is 46.1 Å². The topological polar surface area (TPSA) is 76.5 Å². The molecule has 1 saturated heterocycles. The minimum Gasteiger partial charge on any atom is -0.361 e. The molecule has 4 rings (SSSR count). The summed E-state index contributed by atoms with van der Waals surface area (Å²) in [7, 11) is 0. The van der Waals surface area contributed by atoms with Gasteiger partial charge in [-0.1, -0.05) is 5.16 Å². The van der Waals surface area contributed by atoms with Crippen molar-refractivity contribution in [3.63, 3.8) is 0 Å². The molecular weight excluding hydrogens is 330 g/mol. The third-order valence-electron chi connectivity index (χ3n) is 5.23. The molecule has 1 amide bonds. The molecule has 0 bridgehead atoms. The maximum Gasteiger partial charge on any atom is 0.227 e. The fourth-order valence-electron chi connectivity index (χ4n) is 3.81. The van der Waals surface area contributed by atoms with E-state index in [4.69, 9.17) is 9.51 Å². The second kappa shape index (κ2) is 6.55. The number of fused-ring (bicyclic) bond motifs is 1. The lowest BCUT2D eigenvalue weighted by atomic mass is 9.97. The summed E-state index contributed by atoms with van der Waals surface area (Å²) in [5, 5.41) is 8.25. The molecule has 0 unspecified atom stereocenters. The van der Waals surface area contributed by atoms with Crippen molar-refractivity contribution in [3.05, 3.63) is 46.7 Å². The molecule has 1 aliphatic heterocycles. The van der Waals surface area contributed by atoms with E-state index >= 15 is 0 Å². The van der Waals surface area contributed by atoms with Crippen LogP contribution in [0.25, 0.3) is 5.65 Å². The number of nitrogens with zero attached hydrogens (tertiary/aromatic N) is 5. The van der Waals surface area contributed by atoms with Gasteiger partial charge in [0.05, 0.1) is 30.0 Å². The van der Waals surface area contributed by atoms with Crippen molar-refractivity contribution in [2.24, 2.45) is 0 Å². The van der Waals surface area contributed by atoms with Crippen molar-refractivity contribution >= 4 is 11.6 Å². The number of hydrogen-bond donors (Lipinski definition) is 0. The second-order valence-electron chi connectivity index (χ2n) is 7.00. The van der Waals surface area contributed by atoms with Crippen molar-refractivity contribution < 1.29 is 9.32 Å². The van der Waals surface area contributed by atoms with E-state index in [-0.39, 0.29) is 11.9 Å². The summed E-state index contributed by atoms with van der Waals surface area (Å²) in [5.74, 6) is 0.830. The van der Waals surface area contributed by atoms with Crippen LogP contribution in [0.3, 0.4) is 0 Å². The Labute approximate surface area is 152 Å². The number of likely N-dealkylation sites (tertiary alicyclic amines) is 1. The number of amides is 1. The van der Waals surface area contributed by atoms with Crippen LogP contribution in [0.5, 0.6) is 0 Å². The summed E-state index contributed by atoms with van der Waals surface area (Å²) in [6.45, 7) is 6.52. The molecule has 0 N–H and O–H groups in total. The highest BCUT2D eigenvalue weighted by Crippen LogP contribution is 2.31. The number of piperidine rings is 1. The number of carbonyl (C=O) groups excluding carboxylic acids is 1. The van der Waals surface area contributed by atoms with Gasteiger partial charge in [0, 0.05) is 23.9 Å². The van der Waals surface area contributed by atoms with Gasteiger partial charge in [-0.2, -0.15) is 5.10 Å². The van der Waals surface area contributed by atoms with Gasteiger partial charge in [0.15, 0.2) is 5.65 Å². The molecule has 0 aliphatic carbocycles. The van der Waals surface area contributed by atoms with Crippen molar-refractivity contribution in [1.29, 1.82) is 0 Å². The van der Waals surface area contributed by atoms with Gasteiger partial charge < -0.3 is 9.42 Å². The smallest absolute Gasteiger partial charge is 0.227 e. The predicted molar refractivity (Wildman–Crippen MR) is 95.7 cm³/mol. The quantitative estimate of drug-likeness (QED) is 0.723. The summed E-state index contributed by atoms with van der Waals surface area (Å²) in [6, 6.07) is 3.96. The summed E-state index contributed by atoms with van der Waals surface area (Å²) in [4.78, 5) is 19.8. The number of aromatic nitrogens is 4. The van der Waals surface area contributed by atoms with Crippen molar-refractivity contribution in [2.75, 3.05) is 6.54 Å². The Balaban J connectivity index is 1.64. The minimum absolute atomic E-state index is 0.00956. The van der Waals surface area contributed by atoms with Gasteiger partial charge in [-0.25, -0.2) is 9.50 Å². The zero-order valence-electron chi connectivity index (χ0n) is 15.4. The molecule has 4 heterocycles. The van der Waals surface area contributed by atoms with Gasteiger partial charge in [-0.15, -0.1) is 0 Å². The zero-order chi connectivity index (χ0) is 18.3. The van der Waals surface area contributed by atoms with Crippen molar-refractivity contribution in [1.82, 2.24) is 24.7 Å². The molecule has 1 atom stereocenters. The normalized spacial score (nSPS) is 17.8. The molecule has 1 aliphatic rings. The molecule has 0 spiro atoms.